The van der Waals surface area contributed by atoms with Crippen LogP contribution in [0.1, 0.15) is 32.6 Å². The molecule has 2 aliphatic rings. The Hall–Kier alpha value is -0.610. The van der Waals surface area contributed by atoms with E-state index in [1.807, 2.05) is 0 Å². The molecule has 0 amide bonds. The van der Waals surface area contributed by atoms with Gasteiger partial charge in [0, 0.05) is 19.1 Å². The summed E-state index contributed by atoms with van der Waals surface area (Å²) in [7, 11) is 0. The SMILES string of the molecule is CC1CCCN(CC(NC2CC2)C(=O)O)C1. The first-order valence-corrected chi connectivity index (χ1v) is 6.36. The van der Waals surface area contributed by atoms with Crippen molar-refractivity contribution in [1.82, 2.24) is 10.2 Å². The minimum Gasteiger partial charge on any atom is -0.480 e. The molecule has 4 nitrogen and oxygen atoms in total. The number of carboxylic acids is 1. The zero-order valence-corrected chi connectivity index (χ0v) is 9.98. The minimum absolute atomic E-state index is 0.377. The second kappa shape index (κ2) is 5.15. The number of piperidine rings is 1. The topological polar surface area (TPSA) is 52.6 Å². The highest BCUT2D eigenvalue weighted by Gasteiger charge is 2.30. The van der Waals surface area contributed by atoms with E-state index >= 15 is 0 Å². The molecule has 16 heavy (non-hydrogen) atoms. The molecule has 0 spiro atoms. The molecule has 92 valence electrons. The second-order valence-electron chi connectivity index (χ2n) is 5.34. The van der Waals surface area contributed by atoms with E-state index in [4.69, 9.17) is 5.11 Å². The molecule has 1 aliphatic carbocycles. The fourth-order valence-electron chi connectivity index (χ4n) is 2.45. The van der Waals surface area contributed by atoms with Crippen LogP contribution in [0.2, 0.25) is 0 Å². The quantitative estimate of drug-likeness (QED) is 0.732. The van der Waals surface area contributed by atoms with E-state index < -0.39 is 5.97 Å². The Balaban J connectivity index is 1.81. The van der Waals surface area contributed by atoms with Crippen LogP contribution in [0.4, 0.5) is 0 Å². The van der Waals surface area contributed by atoms with Gasteiger partial charge in [0.2, 0.25) is 0 Å². The summed E-state index contributed by atoms with van der Waals surface area (Å²) in [5, 5.41) is 12.4. The van der Waals surface area contributed by atoms with Gasteiger partial charge >= 0.3 is 5.97 Å². The number of nitrogens with one attached hydrogen (secondary N) is 1. The highest BCUT2D eigenvalue weighted by molar-refractivity contribution is 5.73. The van der Waals surface area contributed by atoms with Gasteiger partial charge in [0.05, 0.1) is 0 Å². The van der Waals surface area contributed by atoms with Gasteiger partial charge in [0.15, 0.2) is 0 Å². The van der Waals surface area contributed by atoms with Gasteiger partial charge in [-0.15, -0.1) is 0 Å². The van der Waals surface area contributed by atoms with Crippen LogP contribution in [0.25, 0.3) is 0 Å². The van der Waals surface area contributed by atoms with Crippen LogP contribution in [-0.4, -0.2) is 47.7 Å². The lowest BCUT2D eigenvalue weighted by atomic mass is 10.00. The van der Waals surface area contributed by atoms with E-state index in [2.05, 4.69) is 17.1 Å². The fraction of sp³-hybridized carbons (Fsp3) is 0.917. The van der Waals surface area contributed by atoms with Crippen molar-refractivity contribution in [2.24, 2.45) is 5.92 Å². The van der Waals surface area contributed by atoms with Crippen molar-refractivity contribution in [3.63, 3.8) is 0 Å². The minimum atomic E-state index is -0.704. The van der Waals surface area contributed by atoms with E-state index in [0.717, 1.165) is 25.9 Å². The lowest BCUT2D eigenvalue weighted by molar-refractivity contribution is -0.140. The smallest absolute Gasteiger partial charge is 0.322 e. The van der Waals surface area contributed by atoms with Crippen LogP contribution >= 0.6 is 0 Å². The number of aliphatic carboxylic acids is 1. The average Bonchev–Trinajstić information content (AvgIpc) is 3.00. The molecular weight excluding hydrogens is 204 g/mol. The summed E-state index contributed by atoms with van der Waals surface area (Å²) < 4.78 is 0. The summed E-state index contributed by atoms with van der Waals surface area (Å²) in [6.07, 6.45) is 4.77. The van der Waals surface area contributed by atoms with Crippen molar-refractivity contribution in [3.8, 4) is 0 Å². The monoisotopic (exact) mass is 226 g/mol. The van der Waals surface area contributed by atoms with E-state index in [-0.39, 0.29) is 6.04 Å². The number of nitrogens with zero attached hydrogens (tertiary/aromatic N) is 1. The maximum atomic E-state index is 11.1. The molecule has 0 radical (unpaired) electrons. The predicted molar refractivity (Wildman–Crippen MR) is 62.4 cm³/mol. The molecule has 0 bridgehead atoms. The zero-order valence-electron chi connectivity index (χ0n) is 9.98. The standard InChI is InChI=1S/C12H22N2O2/c1-9-3-2-6-14(7-9)8-11(12(15)16)13-10-4-5-10/h9-11,13H,2-8H2,1H3,(H,15,16). The van der Waals surface area contributed by atoms with Gasteiger partial charge in [0.25, 0.3) is 0 Å². The van der Waals surface area contributed by atoms with Crippen LogP contribution < -0.4 is 5.32 Å². The first kappa shape index (κ1) is 11.9. The van der Waals surface area contributed by atoms with Gasteiger partial charge in [-0.25, -0.2) is 0 Å². The highest BCUT2D eigenvalue weighted by atomic mass is 16.4. The molecular formula is C12H22N2O2. The number of likely N-dealkylation sites (tertiary alicyclic amines) is 1. The van der Waals surface area contributed by atoms with Crippen molar-refractivity contribution in [1.29, 1.82) is 0 Å². The molecule has 2 unspecified atom stereocenters. The molecule has 1 saturated carbocycles. The highest BCUT2D eigenvalue weighted by Crippen LogP contribution is 2.20. The number of rotatable bonds is 5. The number of carboxylic acid groups (broad SMARTS) is 1. The maximum absolute atomic E-state index is 11.1. The Kier molecular flexibility index (Phi) is 3.82. The van der Waals surface area contributed by atoms with E-state index in [9.17, 15) is 4.79 Å². The van der Waals surface area contributed by atoms with E-state index in [1.54, 1.807) is 0 Å². The summed E-state index contributed by atoms with van der Waals surface area (Å²) in [6, 6.07) is 0.0844. The third-order valence-corrected chi connectivity index (χ3v) is 3.49. The van der Waals surface area contributed by atoms with Crippen LogP contribution in [0, 0.1) is 5.92 Å². The molecule has 1 heterocycles. The third-order valence-electron chi connectivity index (χ3n) is 3.49. The van der Waals surface area contributed by atoms with Gasteiger partial charge < -0.3 is 15.3 Å². The largest absolute Gasteiger partial charge is 0.480 e. The number of hydrogen-bond acceptors (Lipinski definition) is 3. The molecule has 2 fully saturated rings. The molecule has 0 aromatic carbocycles. The van der Waals surface area contributed by atoms with Crippen molar-refractivity contribution in [3.05, 3.63) is 0 Å². The van der Waals surface area contributed by atoms with Crippen molar-refractivity contribution < 1.29 is 9.90 Å². The fourth-order valence-corrected chi connectivity index (χ4v) is 2.45. The second-order valence-corrected chi connectivity index (χ2v) is 5.34. The Bertz CT molecular complexity index is 253. The normalized spacial score (nSPS) is 28.9. The molecule has 1 aliphatic heterocycles. The van der Waals surface area contributed by atoms with Gasteiger partial charge in [-0.3, -0.25) is 4.79 Å². The van der Waals surface area contributed by atoms with Crippen molar-refractivity contribution in [2.45, 2.75) is 44.7 Å². The van der Waals surface area contributed by atoms with E-state index in [1.165, 1.54) is 12.8 Å². The molecule has 4 heteroatoms. The summed E-state index contributed by atoms with van der Waals surface area (Å²) in [5.74, 6) is 0.00856. The first-order chi connectivity index (χ1) is 7.65. The molecule has 0 aromatic rings. The summed E-state index contributed by atoms with van der Waals surface area (Å²) >= 11 is 0. The first-order valence-electron chi connectivity index (χ1n) is 6.36. The predicted octanol–water partition coefficient (Wildman–Crippen LogP) is 0.923. The lowest BCUT2D eigenvalue weighted by Crippen LogP contribution is -2.49. The van der Waals surface area contributed by atoms with Gasteiger partial charge in [-0.2, -0.15) is 0 Å². The zero-order chi connectivity index (χ0) is 11.5. The number of carbonyl (C=O) groups is 1. The summed E-state index contributed by atoms with van der Waals surface area (Å²) in [4.78, 5) is 13.4. The Labute approximate surface area is 97.0 Å². The number of hydrogen-bond donors (Lipinski definition) is 2. The Morgan fingerprint density at radius 2 is 2.25 bits per heavy atom. The molecule has 2 atom stereocenters. The Morgan fingerprint density at radius 3 is 2.81 bits per heavy atom. The average molecular weight is 226 g/mol. The molecule has 2 N–H and O–H groups in total. The Morgan fingerprint density at radius 1 is 1.50 bits per heavy atom. The third kappa shape index (κ3) is 3.46. The van der Waals surface area contributed by atoms with E-state index in [0.29, 0.717) is 18.5 Å². The van der Waals surface area contributed by atoms with Gasteiger partial charge in [0.1, 0.15) is 6.04 Å². The molecule has 1 saturated heterocycles. The maximum Gasteiger partial charge on any atom is 0.322 e. The van der Waals surface area contributed by atoms with Gasteiger partial charge in [-0.05, 0) is 38.1 Å². The van der Waals surface area contributed by atoms with Gasteiger partial charge in [-0.1, -0.05) is 6.92 Å². The van der Waals surface area contributed by atoms with Crippen molar-refractivity contribution >= 4 is 5.97 Å². The molecule has 2 rings (SSSR count). The van der Waals surface area contributed by atoms with Crippen LogP contribution in [0.3, 0.4) is 0 Å². The van der Waals surface area contributed by atoms with Crippen LogP contribution in [-0.2, 0) is 4.79 Å². The van der Waals surface area contributed by atoms with Crippen LogP contribution in [0.5, 0.6) is 0 Å². The lowest BCUT2D eigenvalue weighted by Gasteiger charge is -2.32. The van der Waals surface area contributed by atoms with Crippen molar-refractivity contribution in [2.75, 3.05) is 19.6 Å². The summed E-state index contributed by atoms with van der Waals surface area (Å²) in [5.41, 5.74) is 0. The molecule has 0 aromatic heterocycles. The summed E-state index contributed by atoms with van der Waals surface area (Å²) in [6.45, 7) is 5.02. The van der Waals surface area contributed by atoms with Crippen LogP contribution in [0.15, 0.2) is 0 Å².